The molecule has 0 aliphatic carbocycles. The monoisotopic (exact) mass is 492 g/mol. The van der Waals surface area contributed by atoms with Crippen molar-refractivity contribution in [2.75, 3.05) is 0 Å². The smallest absolute Gasteiger partial charge is 0.256 e. The summed E-state index contributed by atoms with van der Waals surface area (Å²) in [5.74, 6) is -4.11. The summed E-state index contributed by atoms with van der Waals surface area (Å²) in [6.45, 7) is 1.93. The maximum absolute atomic E-state index is 14.1. The van der Waals surface area contributed by atoms with Crippen molar-refractivity contribution in [1.29, 1.82) is 0 Å². The number of rotatable bonds is 3. The molecule has 1 saturated heterocycles. The minimum Gasteiger partial charge on any atom is -0.327 e. The van der Waals surface area contributed by atoms with E-state index in [9.17, 15) is 18.0 Å². The van der Waals surface area contributed by atoms with Crippen molar-refractivity contribution in [3.05, 3.63) is 82.6 Å². The minimum atomic E-state index is -1.50. The van der Waals surface area contributed by atoms with Crippen LogP contribution in [-0.2, 0) is 13.5 Å². The first-order valence-corrected chi connectivity index (χ1v) is 11.8. The lowest BCUT2D eigenvalue weighted by Gasteiger charge is -2.45. The molecular formula is C26H23F3N6O. The fraction of sp³-hybridized carbons (Fsp3) is 0.308. The van der Waals surface area contributed by atoms with E-state index in [1.54, 1.807) is 24.1 Å². The number of halogens is 3. The molecule has 2 aliphatic rings. The average Bonchev–Trinajstić information content (AvgIpc) is 3.49. The van der Waals surface area contributed by atoms with Crippen LogP contribution in [0.5, 0.6) is 0 Å². The number of aromatic nitrogens is 5. The molecule has 2 aromatic heterocycles. The SMILES string of the molecule is Cc1ccc(-n2nccn2)c(C(=O)N2[C@H]3CCC[C@@H]2c2nn(C)c(-c4cc(F)c(F)c(F)c4)c2C3)c1. The number of aryl methyl sites for hydroxylation is 2. The van der Waals surface area contributed by atoms with Crippen molar-refractivity contribution in [3.63, 3.8) is 0 Å². The van der Waals surface area contributed by atoms with Crippen LogP contribution in [0.15, 0.2) is 42.7 Å². The van der Waals surface area contributed by atoms with Gasteiger partial charge in [-0.1, -0.05) is 11.6 Å². The first kappa shape index (κ1) is 22.5. The highest BCUT2D eigenvalue weighted by Crippen LogP contribution is 2.45. The summed E-state index contributed by atoms with van der Waals surface area (Å²) in [6.07, 6.45) is 6.07. The van der Waals surface area contributed by atoms with Crippen molar-refractivity contribution >= 4 is 5.91 Å². The third-order valence-corrected chi connectivity index (χ3v) is 7.18. The van der Waals surface area contributed by atoms with Gasteiger partial charge in [0.25, 0.3) is 5.91 Å². The summed E-state index contributed by atoms with van der Waals surface area (Å²) in [4.78, 5) is 17.4. The molecule has 7 nitrogen and oxygen atoms in total. The predicted molar refractivity (Wildman–Crippen MR) is 125 cm³/mol. The number of amides is 1. The van der Waals surface area contributed by atoms with Crippen LogP contribution in [0, 0.1) is 24.4 Å². The molecule has 2 aromatic carbocycles. The third kappa shape index (κ3) is 3.42. The highest BCUT2D eigenvalue weighted by atomic mass is 19.2. The largest absolute Gasteiger partial charge is 0.327 e. The van der Waals surface area contributed by atoms with E-state index in [0.717, 1.165) is 42.5 Å². The van der Waals surface area contributed by atoms with Crippen molar-refractivity contribution in [1.82, 2.24) is 29.7 Å². The number of benzene rings is 2. The zero-order chi connectivity index (χ0) is 25.1. The van der Waals surface area contributed by atoms with E-state index in [4.69, 9.17) is 5.10 Å². The molecule has 2 bridgehead atoms. The molecule has 184 valence electrons. The van der Waals surface area contributed by atoms with E-state index >= 15 is 0 Å². The highest BCUT2D eigenvalue weighted by Gasteiger charge is 2.44. The molecule has 2 aliphatic heterocycles. The van der Waals surface area contributed by atoms with E-state index in [1.807, 2.05) is 30.0 Å². The van der Waals surface area contributed by atoms with Crippen LogP contribution >= 0.6 is 0 Å². The van der Waals surface area contributed by atoms with Crippen molar-refractivity contribution in [2.24, 2.45) is 7.05 Å². The molecule has 0 unspecified atom stereocenters. The van der Waals surface area contributed by atoms with Crippen LogP contribution in [0.4, 0.5) is 13.2 Å². The summed E-state index contributed by atoms with van der Waals surface area (Å²) in [7, 11) is 1.70. The van der Waals surface area contributed by atoms with Crippen molar-refractivity contribution in [3.8, 4) is 16.9 Å². The Morgan fingerprint density at radius 1 is 1.03 bits per heavy atom. The third-order valence-electron chi connectivity index (χ3n) is 7.18. The number of nitrogens with zero attached hydrogens (tertiary/aromatic N) is 6. The second kappa shape index (κ2) is 8.32. The summed E-state index contributed by atoms with van der Waals surface area (Å²) in [6, 6.07) is 7.20. The van der Waals surface area contributed by atoms with Crippen LogP contribution in [0.3, 0.4) is 0 Å². The second-order valence-corrected chi connectivity index (χ2v) is 9.45. The van der Waals surface area contributed by atoms with E-state index in [-0.39, 0.29) is 23.6 Å². The summed E-state index contributed by atoms with van der Waals surface area (Å²) in [5.41, 5.74) is 4.38. The van der Waals surface area contributed by atoms with E-state index in [1.165, 1.54) is 4.80 Å². The Hall–Kier alpha value is -3.95. The summed E-state index contributed by atoms with van der Waals surface area (Å²) >= 11 is 0. The maximum atomic E-state index is 14.1. The van der Waals surface area contributed by atoms with Crippen LogP contribution in [0.25, 0.3) is 16.9 Å². The molecule has 1 fully saturated rings. The molecule has 4 aromatic rings. The Kier molecular flexibility index (Phi) is 5.20. The number of carbonyl (C=O) groups excluding carboxylic acids is 1. The van der Waals surface area contributed by atoms with E-state index in [2.05, 4.69) is 10.2 Å². The normalized spacial score (nSPS) is 18.9. The number of fused-ring (bicyclic) bond motifs is 4. The standard InChI is InChI=1S/C26H23F3N6O/c1-14-6-7-21(35-30-8-9-31-35)17(10-14)26(36)34-16-4-3-5-22(34)24-18(13-16)25(33(2)32-24)15-11-19(27)23(29)20(28)12-15/h6-12,16,22H,3-5,13H2,1-2H3/t16-,22+/m0/s1. The molecule has 0 saturated carbocycles. The van der Waals surface area contributed by atoms with Gasteiger partial charge in [0.05, 0.1) is 41.1 Å². The first-order chi connectivity index (χ1) is 17.3. The molecule has 2 atom stereocenters. The quantitative estimate of drug-likeness (QED) is 0.390. The lowest BCUT2D eigenvalue weighted by atomic mass is 9.81. The van der Waals surface area contributed by atoms with Gasteiger partial charge in [-0.05, 0) is 56.9 Å². The lowest BCUT2D eigenvalue weighted by molar-refractivity contribution is 0.0391. The van der Waals surface area contributed by atoms with Gasteiger partial charge < -0.3 is 4.90 Å². The predicted octanol–water partition coefficient (Wildman–Crippen LogP) is 4.69. The second-order valence-electron chi connectivity index (χ2n) is 9.45. The highest BCUT2D eigenvalue weighted by molar-refractivity contribution is 5.98. The van der Waals surface area contributed by atoms with Crippen LogP contribution in [0.2, 0.25) is 0 Å². The number of hydrogen-bond acceptors (Lipinski definition) is 4. The Balaban J connectivity index is 1.45. The van der Waals surface area contributed by atoms with Crippen LogP contribution in [0.1, 0.15) is 52.5 Å². The van der Waals surface area contributed by atoms with Crippen molar-refractivity contribution < 1.29 is 18.0 Å². The van der Waals surface area contributed by atoms with Gasteiger partial charge in [-0.2, -0.15) is 20.1 Å². The molecule has 36 heavy (non-hydrogen) atoms. The number of carbonyl (C=O) groups is 1. The summed E-state index contributed by atoms with van der Waals surface area (Å²) < 4.78 is 43.3. The topological polar surface area (TPSA) is 68.8 Å². The van der Waals surface area contributed by atoms with Gasteiger partial charge in [-0.3, -0.25) is 9.48 Å². The van der Waals surface area contributed by atoms with Crippen LogP contribution < -0.4 is 0 Å². The fourth-order valence-electron chi connectivity index (χ4n) is 5.68. The van der Waals surface area contributed by atoms with Gasteiger partial charge in [0.2, 0.25) is 0 Å². The van der Waals surface area contributed by atoms with Gasteiger partial charge in [-0.25, -0.2) is 13.2 Å². The average molecular weight is 493 g/mol. The molecule has 0 N–H and O–H groups in total. The Morgan fingerprint density at radius 3 is 2.47 bits per heavy atom. The van der Waals surface area contributed by atoms with E-state index in [0.29, 0.717) is 29.1 Å². The molecule has 10 heteroatoms. The number of piperidine rings is 1. The van der Waals surface area contributed by atoms with Gasteiger partial charge in [-0.15, -0.1) is 0 Å². The zero-order valence-electron chi connectivity index (χ0n) is 19.8. The van der Waals surface area contributed by atoms with E-state index < -0.39 is 17.5 Å². The molecule has 0 spiro atoms. The zero-order valence-corrected chi connectivity index (χ0v) is 19.8. The van der Waals surface area contributed by atoms with Gasteiger partial charge in [0.1, 0.15) is 0 Å². The van der Waals surface area contributed by atoms with Crippen molar-refractivity contribution in [2.45, 2.75) is 44.7 Å². The van der Waals surface area contributed by atoms with Crippen LogP contribution in [-0.4, -0.2) is 41.6 Å². The molecule has 6 rings (SSSR count). The molecule has 0 radical (unpaired) electrons. The van der Waals surface area contributed by atoms with Gasteiger partial charge >= 0.3 is 0 Å². The van der Waals surface area contributed by atoms with Gasteiger partial charge in [0.15, 0.2) is 17.5 Å². The lowest BCUT2D eigenvalue weighted by Crippen LogP contribution is -2.50. The Bertz CT molecular complexity index is 1470. The summed E-state index contributed by atoms with van der Waals surface area (Å²) in [5, 5.41) is 13.1. The van der Waals surface area contributed by atoms with Gasteiger partial charge in [0, 0.05) is 24.2 Å². The minimum absolute atomic E-state index is 0.110. The Morgan fingerprint density at radius 2 is 1.75 bits per heavy atom. The fourth-order valence-corrected chi connectivity index (χ4v) is 5.68. The first-order valence-electron chi connectivity index (χ1n) is 11.8. The molecular weight excluding hydrogens is 469 g/mol. The Labute approximate surface area is 205 Å². The molecule has 4 heterocycles. The maximum Gasteiger partial charge on any atom is 0.256 e. The molecule has 1 amide bonds. The number of hydrogen-bond donors (Lipinski definition) is 0.